The summed E-state index contributed by atoms with van der Waals surface area (Å²) < 4.78 is 102. The van der Waals surface area contributed by atoms with Crippen LogP contribution in [0.1, 0.15) is 140 Å². The molecule has 0 saturated carbocycles. The molecule has 0 bridgehead atoms. The van der Waals surface area contributed by atoms with E-state index in [-0.39, 0.29) is 100 Å². The van der Waals surface area contributed by atoms with E-state index in [1.807, 2.05) is 0 Å². The van der Waals surface area contributed by atoms with Crippen LogP contribution in [0.2, 0.25) is 0 Å². The van der Waals surface area contributed by atoms with Crippen molar-refractivity contribution in [2.24, 2.45) is 15.6 Å². The Balaban J connectivity index is 0.0000137. The molecule has 4 aromatic carbocycles. The number of azo groups is 1. The first-order valence-electron chi connectivity index (χ1n) is 24.0. The number of carbonyl (C=O) groups is 3. The molecule has 5 N–H and O–H groups in total. The topological polar surface area (TPSA) is 276 Å². The predicted molar refractivity (Wildman–Crippen MR) is 276 cm³/mol. The Bertz CT molecular complexity index is 2860. The molecule has 1 unspecified atom stereocenters. The summed E-state index contributed by atoms with van der Waals surface area (Å²) in [5.74, 6) is -3.04. The van der Waals surface area contributed by atoms with Gasteiger partial charge in [-0.1, -0.05) is 124 Å². The van der Waals surface area contributed by atoms with Crippen LogP contribution in [0.5, 0.6) is 11.5 Å². The van der Waals surface area contributed by atoms with E-state index < -0.39 is 80.6 Å². The summed E-state index contributed by atoms with van der Waals surface area (Å²) >= 11 is 0. The van der Waals surface area contributed by atoms with Crippen molar-refractivity contribution >= 4 is 81.4 Å². The molecule has 1 atom stereocenters. The third kappa shape index (κ3) is 20.6. The van der Waals surface area contributed by atoms with Crippen molar-refractivity contribution in [3.05, 3.63) is 66.7 Å². The van der Waals surface area contributed by atoms with Crippen LogP contribution in [-0.2, 0) is 44.6 Å². The summed E-state index contributed by atoms with van der Waals surface area (Å²) in [5, 5.41) is 23.4. The number of phenolic OH excluding ortho intramolecular Hbond substituents is 1. The average molecular weight is 1090 g/mol. The second kappa shape index (κ2) is 30.4. The van der Waals surface area contributed by atoms with Crippen LogP contribution >= 0.6 is 0 Å². The van der Waals surface area contributed by atoms with E-state index in [4.69, 9.17) is 4.74 Å². The van der Waals surface area contributed by atoms with Crippen molar-refractivity contribution in [1.82, 2.24) is 4.31 Å². The van der Waals surface area contributed by atoms with E-state index in [1.165, 1.54) is 130 Å². The normalized spacial score (nSPS) is 12.6. The van der Waals surface area contributed by atoms with E-state index in [0.29, 0.717) is 6.54 Å². The quantitative estimate of drug-likeness (QED) is 0.0147. The fraction of sp³-hybridized carbons (Fsp3) is 0.500. The molecule has 23 heteroatoms. The van der Waals surface area contributed by atoms with Crippen molar-refractivity contribution < 1.29 is 121 Å². The van der Waals surface area contributed by atoms with Crippen molar-refractivity contribution in [3.8, 4) is 11.5 Å². The van der Waals surface area contributed by atoms with Gasteiger partial charge in [-0.05, 0) is 78.5 Å². The fourth-order valence-corrected chi connectivity index (χ4v) is 10.2. The monoisotopic (exact) mass is 1090 g/mol. The minimum atomic E-state index is -5.16. The van der Waals surface area contributed by atoms with Crippen LogP contribution in [0.3, 0.4) is 0 Å². The molecule has 0 aliphatic heterocycles. The SMILES string of the molecule is CCCCCCCCCCCCCCCCCCN(C)S(=O)(=O)c1ccc(NC(=O)C(Oc2ccc(N=Nc3c(S(=O)(=O)O)cc4cc(S(=O)(=O)O)cc(NC(C)=O)c4c3O)cc2)C(=O)C(C)(C)C)cc1.[H-].[H-].[Na+].[Na+]. The molecule has 73 heavy (non-hydrogen) atoms. The van der Waals surface area contributed by atoms with Crippen LogP contribution < -0.4 is 74.5 Å². The molecule has 4 aromatic rings. The van der Waals surface area contributed by atoms with Crippen LogP contribution in [0, 0.1) is 5.41 Å². The van der Waals surface area contributed by atoms with Gasteiger partial charge in [0.05, 0.1) is 21.2 Å². The van der Waals surface area contributed by atoms with E-state index in [2.05, 4.69) is 27.8 Å². The molecule has 0 fully saturated rings. The zero-order chi connectivity index (χ0) is 52.6. The third-order valence-corrected chi connectivity index (χ3v) is 15.3. The number of ketones is 1. The van der Waals surface area contributed by atoms with Gasteiger partial charge < -0.3 is 23.3 Å². The number of nitrogens with zero attached hydrogens (tertiary/aromatic N) is 3. The van der Waals surface area contributed by atoms with Gasteiger partial charge in [0, 0.05) is 37.0 Å². The smallest absolute Gasteiger partial charge is 1.00 e. The van der Waals surface area contributed by atoms with Crippen molar-refractivity contribution in [2.45, 2.75) is 158 Å². The molecule has 0 radical (unpaired) electrons. The first-order valence-corrected chi connectivity index (χ1v) is 28.3. The average Bonchev–Trinajstić information content (AvgIpc) is 3.29. The Morgan fingerprint density at radius 1 is 0.685 bits per heavy atom. The third-order valence-electron chi connectivity index (χ3n) is 11.7. The molecule has 4 rings (SSSR count). The zero-order valence-corrected chi connectivity index (χ0v) is 49.9. The Hall–Kier alpha value is -3.32. The van der Waals surface area contributed by atoms with Crippen LogP contribution in [0.4, 0.5) is 22.7 Å². The molecular formula is C50H71N5Na2O13S3. The number of benzene rings is 4. The number of Topliss-reactive ketones (excluding diaryl/α,β-unsaturated/α-hetero) is 1. The van der Waals surface area contributed by atoms with Gasteiger partial charge in [-0.3, -0.25) is 23.5 Å². The fourth-order valence-electron chi connectivity index (χ4n) is 7.75. The summed E-state index contributed by atoms with van der Waals surface area (Å²) in [6.45, 7) is 8.50. The van der Waals surface area contributed by atoms with Gasteiger partial charge in [0.25, 0.3) is 26.1 Å². The van der Waals surface area contributed by atoms with Gasteiger partial charge in [-0.25, -0.2) is 12.7 Å². The molecule has 0 spiro atoms. The van der Waals surface area contributed by atoms with Gasteiger partial charge in [0.1, 0.15) is 16.3 Å². The standard InChI is InChI=1S/C50H69N5O13S3.2Na.2H/c1-7-8-9-10-11-12-13-14-15-16-17-18-19-20-21-22-31-55(6)69(60,61)40-29-25-37(26-30-40)52-49(59)47(48(58)50(3,4)5)68-39-27-23-38(24-28-39)53-54-45-43(71(65,66)67)33-36-32-41(70(62,63)64)34-42(51-35(2)56)44(36)46(45)57;;;;/h23-30,32-34,47,57H,7-22,31H2,1-6H3,(H,51,56)(H,52,59)(H,62,63,64)(H,65,66,67);;;;/q;2*+1;2*-1. The van der Waals surface area contributed by atoms with Gasteiger partial charge in [-0.15, -0.1) is 5.11 Å². The minimum Gasteiger partial charge on any atom is -1.00 e. The van der Waals surface area contributed by atoms with Crippen molar-refractivity contribution in [3.63, 3.8) is 0 Å². The zero-order valence-electron chi connectivity index (χ0n) is 45.4. The Labute approximate surface area is 478 Å². The molecule has 0 heterocycles. The van der Waals surface area contributed by atoms with Crippen LogP contribution in [-0.4, -0.2) is 81.1 Å². The first-order chi connectivity index (χ1) is 33.3. The number of aromatic hydroxyl groups is 1. The summed E-state index contributed by atoms with van der Waals surface area (Å²) in [4.78, 5) is 37.5. The number of nitrogens with one attached hydrogen (secondary N) is 2. The maximum atomic E-state index is 13.7. The second-order valence-electron chi connectivity index (χ2n) is 18.7. The van der Waals surface area contributed by atoms with Gasteiger partial charge in [0.15, 0.2) is 11.5 Å². The maximum Gasteiger partial charge on any atom is 1.00 e. The molecule has 394 valence electrons. The minimum absolute atomic E-state index is 0. The number of hydrogen-bond acceptors (Lipinski definition) is 13. The number of amides is 2. The Kier molecular flexibility index (Phi) is 27.4. The number of anilines is 2. The first kappa shape index (κ1) is 65.8. The predicted octanol–water partition coefficient (Wildman–Crippen LogP) is 5.53. The molecule has 18 nitrogen and oxygen atoms in total. The number of fused-ring (bicyclic) bond motifs is 1. The van der Waals surface area contributed by atoms with E-state index in [0.717, 1.165) is 50.8 Å². The van der Waals surface area contributed by atoms with Gasteiger partial charge in [0.2, 0.25) is 22.0 Å². The van der Waals surface area contributed by atoms with Crippen LogP contribution in [0.15, 0.2) is 91.6 Å². The number of hydrogen-bond donors (Lipinski definition) is 5. The Morgan fingerprint density at radius 2 is 1.19 bits per heavy atom. The largest absolute Gasteiger partial charge is 1.00 e. The molecule has 0 aromatic heterocycles. The number of sulfonamides is 1. The van der Waals surface area contributed by atoms with Crippen molar-refractivity contribution in [1.29, 1.82) is 0 Å². The number of unbranched alkanes of at least 4 members (excludes halogenated alkanes) is 15. The molecule has 0 aliphatic rings. The number of ether oxygens (including phenoxy) is 1. The summed E-state index contributed by atoms with van der Waals surface area (Å²) in [5.41, 5.74) is -1.94. The van der Waals surface area contributed by atoms with Crippen LogP contribution in [0.25, 0.3) is 10.8 Å². The van der Waals surface area contributed by atoms with E-state index in [1.54, 1.807) is 27.8 Å². The van der Waals surface area contributed by atoms with Gasteiger partial charge in [-0.2, -0.15) is 21.9 Å². The van der Waals surface area contributed by atoms with E-state index >= 15 is 0 Å². The summed E-state index contributed by atoms with van der Waals surface area (Å²) in [6, 6.07) is 13.3. The maximum absolute atomic E-state index is 13.7. The summed E-state index contributed by atoms with van der Waals surface area (Å²) in [6.07, 6.45) is 17.9. The van der Waals surface area contributed by atoms with E-state index in [9.17, 15) is 53.8 Å². The van der Waals surface area contributed by atoms with Gasteiger partial charge >= 0.3 is 59.1 Å². The number of rotatable bonds is 29. The number of carbonyl (C=O) groups excluding carboxylic acids is 3. The molecule has 0 aliphatic carbocycles. The summed E-state index contributed by atoms with van der Waals surface area (Å²) in [7, 11) is -12.3. The molecule has 0 saturated heterocycles. The van der Waals surface area contributed by atoms with Crippen molar-refractivity contribution in [2.75, 3.05) is 24.2 Å². The molecular weight excluding hydrogens is 1020 g/mol. The Morgan fingerprint density at radius 3 is 1.66 bits per heavy atom. The number of phenols is 1. The molecule has 2 amide bonds. The second-order valence-corrected chi connectivity index (χ2v) is 23.6.